The van der Waals surface area contributed by atoms with Gasteiger partial charge in [0.25, 0.3) is 0 Å². The van der Waals surface area contributed by atoms with Crippen molar-refractivity contribution < 1.29 is 22.7 Å². The second-order valence-corrected chi connectivity index (χ2v) is 4.45. The molecule has 98 valence electrons. The number of benzene rings is 1. The van der Waals surface area contributed by atoms with E-state index in [0.717, 1.165) is 5.56 Å². The summed E-state index contributed by atoms with van der Waals surface area (Å²) in [5.74, 6) is -0.526. The summed E-state index contributed by atoms with van der Waals surface area (Å²) >= 11 is 0. The maximum absolute atomic E-state index is 12.7. The summed E-state index contributed by atoms with van der Waals surface area (Å²) in [4.78, 5) is 11.8. The Morgan fingerprint density at radius 3 is 2.67 bits per heavy atom. The molecule has 1 unspecified atom stereocenters. The van der Waals surface area contributed by atoms with E-state index in [-0.39, 0.29) is 5.56 Å². The minimum absolute atomic E-state index is 0.0402. The minimum Gasteiger partial charge on any atom is -0.493 e. The molecular weight excluding hydrogens is 247 g/mol. The van der Waals surface area contributed by atoms with Gasteiger partial charge >= 0.3 is 6.18 Å². The normalized spacial score (nSPS) is 17.8. The zero-order chi connectivity index (χ0) is 13.6. The fraction of sp³-hybridized carbons (Fsp3) is 0.417. The van der Waals surface area contributed by atoms with Crippen molar-refractivity contribution in [3.63, 3.8) is 0 Å². The standard InChI is InChI=1S/C12H12F3NO2/c1-11(16,12(13,14)15)10(17)8-2-3-9-7(6-8)4-5-18-9/h2-3,6H,4-5,16H2,1H3. The molecule has 2 rings (SSSR count). The number of ketones is 1. The average Bonchev–Trinajstić information content (AvgIpc) is 2.73. The fourth-order valence-corrected chi connectivity index (χ4v) is 1.76. The predicted octanol–water partition coefficient (Wildman–Crippen LogP) is 2.08. The van der Waals surface area contributed by atoms with Crippen LogP contribution >= 0.6 is 0 Å². The molecule has 1 aliphatic rings. The Balaban J connectivity index is 2.35. The van der Waals surface area contributed by atoms with Crippen LogP contribution in [0.3, 0.4) is 0 Å². The Kier molecular flexibility index (Phi) is 2.85. The van der Waals surface area contributed by atoms with Crippen LogP contribution in [0.1, 0.15) is 22.8 Å². The van der Waals surface area contributed by atoms with Crippen LogP contribution in [-0.2, 0) is 6.42 Å². The maximum atomic E-state index is 12.7. The van der Waals surface area contributed by atoms with Crippen LogP contribution in [0.5, 0.6) is 5.75 Å². The average molecular weight is 259 g/mol. The van der Waals surface area contributed by atoms with E-state index in [1.807, 2.05) is 0 Å². The molecule has 3 nitrogen and oxygen atoms in total. The van der Waals surface area contributed by atoms with E-state index in [1.165, 1.54) is 18.2 Å². The largest absolute Gasteiger partial charge is 0.493 e. The summed E-state index contributed by atoms with van der Waals surface area (Å²) in [6.07, 6.45) is -4.19. The number of fused-ring (bicyclic) bond motifs is 1. The van der Waals surface area contributed by atoms with Gasteiger partial charge in [-0.1, -0.05) is 0 Å². The summed E-state index contributed by atoms with van der Waals surface area (Å²) in [7, 11) is 0. The third-order valence-corrected chi connectivity index (χ3v) is 3.01. The van der Waals surface area contributed by atoms with Crippen LogP contribution < -0.4 is 10.5 Å². The van der Waals surface area contributed by atoms with E-state index in [4.69, 9.17) is 10.5 Å². The molecule has 0 aliphatic carbocycles. The highest BCUT2D eigenvalue weighted by Gasteiger charge is 2.53. The smallest absolute Gasteiger partial charge is 0.413 e. The van der Waals surface area contributed by atoms with E-state index >= 15 is 0 Å². The monoisotopic (exact) mass is 259 g/mol. The SMILES string of the molecule is CC(N)(C(=O)c1ccc2c(c1)CCO2)C(F)(F)F. The van der Waals surface area contributed by atoms with Gasteiger partial charge in [0.2, 0.25) is 0 Å². The third kappa shape index (κ3) is 1.96. The number of hydrogen-bond donors (Lipinski definition) is 1. The minimum atomic E-state index is -4.78. The molecule has 1 aliphatic heterocycles. The van der Waals surface area contributed by atoms with Crippen molar-refractivity contribution in [3.05, 3.63) is 29.3 Å². The third-order valence-electron chi connectivity index (χ3n) is 3.01. The molecule has 0 saturated carbocycles. The van der Waals surface area contributed by atoms with Gasteiger partial charge in [0.05, 0.1) is 6.61 Å². The number of rotatable bonds is 2. The molecule has 0 bridgehead atoms. The van der Waals surface area contributed by atoms with Crippen LogP contribution in [0.4, 0.5) is 13.2 Å². The van der Waals surface area contributed by atoms with Gasteiger partial charge in [-0.15, -0.1) is 0 Å². The van der Waals surface area contributed by atoms with Gasteiger partial charge in [-0.25, -0.2) is 0 Å². The van der Waals surface area contributed by atoms with Gasteiger partial charge in [0.15, 0.2) is 11.3 Å². The Morgan fingerprint density at radius 1 is 1.39 bits per heavy atom. The van der Waals surface area contributed by atoms with Crippen molar-refractivity contribution in [2.45, 2.75) is 25.1 Å². The molecule has 0 radical (unpaired) electrons. The molecular formula is C12H12F3NO2. The second-order valence-electron chi connectivity index (χ2n) is 4.45. The van der Waals surface area contributed by atoms with Crippen molar-refractivity contribution in [1.82, 2.24) is 0 Å². The zero-order valence-electron chi connectivity index (χ0n) is 9.67. The maximum Gasteiger partial charge on any atom is 0.413 e. The van der Waals surface area contributed by atoms with Gasteiger partial charge in [-0.05, 0) is 30.7 Å². The molecule has 1 aromatic carbocycles. The van der Waals surface area contributed by atoms with E-state index in [1.54, 1.807) is 0 Å². The van der Waals surface area contributed by atoms with E-state index in [2.05, 4.69) is 0 Å². The first-order valence-corrected chi connectivity index (χ1v) is 5.39. The first-order chi connectivity index (χ1) is 8.23. The Bertz CT molecular complexity index is 495. The molecule has 0 aromatic heterocycles. The molecule has 1 aromatic rings. The molecule has 2 N–H and O–H groups in total. The van der Waals surface area contributed by atoms with E-state index in [0.29, 0.717) is 25.7 Å². The highest BCUT2D eigenvalue weighted by atomic mass is 19.4. The van der Waals surface area contributed by atoms with Crippen LogP contribution in [0.15, 0.2) is 18.2 Å². The lowest BCUT2D eigenvalue weighted by atomic mass is 9.90. The van der Waals surface area contributed by atoms with Crippen LogP contribution in [0, 0.1) is 0 Å². The van der Waals surface area contributed by atoms with E-state index in [9.17, 15) is 18.0 Å². The van der Waals surface area contributed by atoms with Crippen molar-refractivity contribution in [3.8, 4) is 5.75 Å². The molecule has 0 spiro atoms. The number of carbonyl (C=O) groups is 1. The first-order valence-electron chi connectivity index (χ1n) is 5.39. The van der Waals surface area contributed by atoms with Gasteiger partial charge < -0.3 is 10.5 Å². The summed E-state index contributed by atoms with van der Waals surface area (Å²) in [5, 5.41) is 0. The predicted molar refractivity (Wildman–Crippen MR) is 58.6 cm³/mol. The van der Waals surface area contributed by atoms with Crippen molar-refractivity contribution >= 4 is 5.78 Å². The summed E-state index contributed by atoms with van der Waals surface area (Å²) in [5.41, 5.74) is 2.93. The Morgan fingerprint density at radius 2 is 2.06 bits per heavy atom. The Labute approximate surface area is 102 Å². The molecule has 1 heterocycles. The van der Waals surface area contributed by atoms with Crippen molar-refractivity contribution in [1.29, 1.82) is 0 Å². The number of Topliss-reactive ketones (excluding diaryl/α,β-unsaturated/α-hetero) is 1. The summed E-state index contributed by atoms with van der Waals surface area (Å²) in [6.45, 7) is 1.16. The molecule has 0 saturated heterocycles. The molecule has 0 amide bonds. The summed E-state index contributed by atoms with van der Waals surface area (Å²) in [6, 6.07) is 4.23. The number of carbonyl (C=O) groups excluding carboxylic acids is 1. The number of hydrogen-bond acceptors (Lipinski definition) is 3. The second kappa shape index (κ2) is 3.98. The molecule has 18 heavy (non-hydrogen) atoms. The van der Waals surface area contributed by atoms with Crippen LogP contribution in [0.25, 0.3) is 0 Å². The molecule has 0 fully saturated rings. The lowest BCUT2D eigenvalue weighted by Gasteiger charge is -2.26. The van der Waals surface area contributed by atoms with E-state index < -0.39 is 17.5 Å². The van der Waals surface area contributed by atoms with Crippen LogP contribution in [0.2, 0.25) is 0 Å². The number of ether oxygens (including phenoxy) is 1. The van der Waals surface area contributed by atoms with Crippen molar-refractivity contribution in [2.75, 3.05) is 6.61 Å². The number of halogens is 3. The van der Waals surface area contributed by atoms with Crippen LogP contribution in [-0.4, -0.2) is 24.1 Å². The van der Waals surface area contributed by atoms with Gasteiger partial charge in [0.1, 0.15) is 5.75 Å². The number of nitrogens with two attached hydrogens (primary N) is 1. The fourth-order valence-electron chi connectivity index (χ4n) is 1.76. The van der Waals surface area contributed by atoms with Gasteiger partial charge in [-0.2, -0.15) is 13.2 Å². The summed E-state index contributed by atoms with van der Waals surface area (Å²) < 4.78 is 43.2. The lowest BCUT2D eigenvalue weighted by Crippen LogP contribution is -2.57. The van der Waals surface area contributed by atoms with Gasteiger partial charge in [0, 0.05) is 12.0 Å². The Hall–Kier alpha value is -1.56. The number of alkyl halides is 3. The highest BCUT2D eigenvalue weighted by Crippen LogP contribution is 2.33. The molecule has 1 atom stereocenters. The highest BCUT2D eigenvalue weighted by molar-refractivity contribution is 6.03. The van der Waals surface area contributed by atoms with Gasteiger partial charge in [-0.3, -0.25) is 4.79 Å². The molecule has 6 heteroatoms. The lowest BCUT2D eigenvalue weighted by molar-refractivity contribution is -0.165. The van der Waals surface area contributed by atoms with Crippen molar-refractivity contribution in [2.24, 2.45) is 5.73 Å². The topological polar surface area (TPSA) is 52.3 Å². The first kappa shape index (κ1) is 12.9. The zero-order valence-corrected chi connectivity index (χ0v) is 9.67. The quantitative estimate of drug-likeness (QED) is 0.827.